The molecule has 2 aliphatic heterocycles. The van der Waals surface area contributed by atoms with Gasteiger partial charge >= 0.3 is 0 Å². The summed E-state index contributed by atoms with van der Waals surface area (Å²) in [5, 5.41) is 0. The van der Waals surface area contributed by atoms with E-state index in [-0.39, 0.29) is 54.1 Å². The molecule has 0 spiro atoms. The Morgan fingerprint density at radius 2 is 1.46 bits per heavy atom. The second kappa shape index (κ2) is 5.67. The lowest BCUT2D eigenvalue weighted by atomic mass is 9.87. The smallest absolute Gasteiger partial charge is 0.243 e. The van der Waals surface area contributed by atoms with E-state index in [1.54, 1.807) is 12.1 Å². The second-order valence-corrected chi connectivity index (χ2v) is 9.35. The monoisotopic (exact) mass is 350 g/mol. The van der Waals surface area contributed by atoms with Crippen molar-refractivity contribution in [2.24, 2.45) is 0 Å². The Kier molecular flexibility index (Phi) is 4.04. The van der Waals surface area contributed by atoms with Crippen molar-refractivity contribution in [1.29, 1.82) is 0 Å². The van der Waals surface area contributed by atoms with E-state index in [0.717, 1.165) is 5.56 Å². The first kappa shape index (κ1) is 17.1. The summed E-state index contributed by atoms with van der Waals surface area (Å²) in [6.45, 7) is 6.57. The minimum Gasteiger partial charge on any atom is -0.277 e. The molecule has 0 N–H and O–H groups in total. The van der Waals surface area contributed by atoms with Crippen LogP contribution < -0.4 is 0 Å². The van der Waals surface area contributed by atoms with Crippen LogP contribution in [-0.4, -0.2) is 48.6 Å². The summed E-state index contributed by atoms with van der Waals surface area (Å²) in [5.74, 6) is -0.395. The van der Waals surface area contributed by atoms with Crippen molar-refractivity contribution in [3.63, 3.8) is 0 Å². The minimum atomic E-state index is -3.58. The van der Waals surface area contributed by atoms with Crippen molar-refractivity contribution in [3.05, 3.63) is 29.8 Å². The molecule has 2 heterocycles. The van der Waals surface area contributed by atoms with Gasteiger partial charge in [-0.15, -0.1) is 0 Å². The maximum Gasteiger partial charge on any atom is 0.243 e. The quantitative estimate of drug-likeness (QED) is 0.775. The van der Waals surface area contributed by atoms with E-state index < -0.39 is 10.0 Å². The maximum atomic E-state index is 12.6. The Labute approximate surface area is 142 Å². The molecule has 2 saturated heterocycles. The molecule has 2 fully saturated rings. The molecule has 0 unspecified atom stereocenters. The Morgan fingerprint density at radius 3 is 1.92 bits per heavy atom. The third-order valence-corrected chi connectivity index (χ3v) is 6.49. The zero-order valence-electron chi connectivity index (χ0n) is 14.2. The summed E-state index contributed by atoms with van der Waals surface area (Å²) in [6, 6.07) is 6.58. The van der Waals surface area contributed by atoms with Crippen LogP contribution in [0.25, 0.3) is 0 Å². The van der Waals surface area contributed by atoms with Crippen molar-refractivity contribution >= 4 is 21.8 Å². The maximum absolute atomic E-state index is 12.6. The summed E-state index contributed by atoms with van der Waals surface area (Å²) in [5.41, 5.74) is 1.02. The number of carbonyl (C=O) groups excluding carboxylic acids is 2. The summed E-state index contributed by atoms with van der Waals surface area (Å²) < 4.78 is 26.6. The first-order valence-electron chi connectivity index (χ1n) is 8.06. The molecule has 0 aromatic heterocycles. The summed E-state index contributed by atoms with van der Waals surface area (Å²) >= 11 is 0. The van der Waals surface area contributed by atoms with Crippen LogP contribution in [0.2, 0.25) is 0 Å². The van der Waals surface area contributed by atoms with E-state index in [0.29, 0.717) is 0 Å². The third-order valence-electron chi connectivity index (χ3n) is 4.64. The van der Waals surface area contributed by atoms with E-state index in [2.05, 4.69) is 20.8 Å². The van der Waals surface area contributed by atoms with Crippen molar-refractivity contribution in [2.75, 3.05) is 13.1 Å². The van der Waals surface area contributed by atoms with Crippen LogP contribution in [0.4, 0.5) is 0 Å². The molecule has 0 aliphatic carbocycles. The Bertz CT molecular complexity index is 756. The molecule has 2 amide bonds. The summed E-state index contributed by atoms with van der Waals surface area (Å²) in [4.78, 5) is 24.9. The lowest BCUT2D eigenvalue weighted by Crippen LogP contribution is -2.62. The molecule has 3 rings (SSSR count). The van der Waals surface area contributed by atoms with Gasteiger partial charge in [0.25, 0.3) is 0 Å². The van der Waals surface area contributed by atoms with Gasteiger partial charge in [0, 0.05) is 25.9 Å². The number of hydrogen-bond acceptors (Lipinski definition) is 4. The molecule has 0 bridgehead atoms. The predicted octanol–water partition coefficient (Wildman–Crippen LogP) is 1.51. The predicted molar refractivity (Wildman–Crippen MR) is 88.8 cm³/mol. The number of rotatable bonds is 3. The van der Waals surface area contributed by atoms with Gasteiger partial charge in [-0.05, 0) is 23.1 Å². The average molecular weight is 350 g/mol. The lowest BCUT2D eigenvalue weighted by Gasteiger charge is -2.41. The molecule has 6 nitrogen and oxygen atoms in total. The normalized spacial score (nSPS) is 20.5. The molecule has 7 heteroatoms. The topological polar surface area (TPSA) is 74.8 Å². The fourth-order valence-corrected chi connectivity index (χ4v) is 4.57. The number of sulfonamides is 1. The van der Waals surface area contributed by atoms with E-state index in [4.69, 9.17) is 0 Å². The van der Waals surface area contributed by atoms with Crippen molar-refractivity contribution in [2.45, 2.75) is 50.0 Å². The molecular weight excluding hydrogens is 328 g/mol. The molecule has 130 valence electrons. The highest BCUT2D eigenvalue weighted by molar-refractivity contribution is 7.89. The van der Waals surface area contributed by atoms with Crippen LogP contribution in [0.1, 0.15) is 39.2 Å². The van der Waals surface area contributed by atoms with Gasteiger partial charge < -0.3 is 0 Å². The Balaban J connectivity index is 1.72. The van der Waals surface area contributed by atoms with Crippen LogP contribution in [0.5, 0.6) is 0 Å². The molecule has 0 radical (unpaired) electrons. The standard InChI is InChI=1S/C17H22N2O4S/c1-17(2,3)12-4-6-14(7-5-12)24(22,23)18-10-13(11-18)19-15(20)8-9-16(19)21/h4-7,13H,8-11H2,1-3H3. The molecule has 0 saturated carbocycles. The van der Waals surface area contributed by atoms with E-state index >= 15 is 0 Å². The lowest BCUT2D eigenvalue weighted by molar-refractivity contribution is -0.143. The number of hydrogen-bond donors (Lipinski definition) is 0. The van der Waals surface area contributed by atoms with Gasteiger partial charge in [-0.25, -0.2) is 8.42 Å². The highest BCUT2D eigenvalue weighted by Gasteiger charge is 2.45. The fraction of sp³-hybridized carbons (Fsp3) is 0.529. The zero-order chi connectivity index (χ0) is 17.7. The molecule has 0 atom stereocenters. The van der Waals surface area contributed by atoms with Gasteiger partial charge in [0.1, 0.15) is 0 Å². The molecular formula is C17H22N2O4S. The van der Waals surface area contributed by atoms with E-state index in [1.807, 2.05) is 12.1 Å². The van der Waals surface area contributed by atoms with Crippen LogP contribution in [0.3, 0.4) is 0 Å². The number of imide groups is 1. The summed E-state index contributed by atoms with van der Waals surface area (Å²) in [7, 11) is -3.58. The zero-order valence-corrected chi connectivity index (χ0v) is 15.0. The first-order valence-corrected chi connectivity index (χ1v) is 9.50. The van der Waals surface area contributed by atoms with Crippen LogP contribution in [0, 0.1) is 0 Å². The van der Waals surface area contributed by atoms with Gasteiger partial charge in [-0.2, -0.15) is 4.31 Å². The molecule has 2 aliphatic rings. The van der Waals surface area contributed by atoms with Gasteiger partial charge in [0.05, 0.1) is 10.9 Å². The van der Waals surface area contributed by atoms with Gasteiger partial charge in [0.2, 0.25) is 21.8 Å². The van der Waals surface area contributed by atoms with Gasteiger partial charge in [0.15, 0.2) is 0 Å². The molecule has 1 aromatic carbocycles. The molecule has 24 heavy (non-hydrogen) atoms. The highest BCUT2D eigenvalue weighted by atomic mass is 32.2. The van der Waals surface area contributed by atoms with Gasteiger partial charge in [-0.1, -0.05) is 32.9 Å². The van der Waals surface area contributed by atoms with Crippen LogP contribution in [-0.2, 0) is 25.0 Å². The van der Waals surface area contributed by atoms with Crippen molar-refractivity contribution in [1.82, 2.24) is 9.21 Å². The Morgan fingerprint density at radius 1 is 0.958 bits per heavy atom. The molecule has 1 aromatic rings. The highest BCUT2D eigenvalue weighted by Crippen LogP contribution is 2.29. The van der Waals surface area contributed by atoms with E-state index in [1.165, 1.54) is 9.21 Å². The third kappa shape index (κ3) is 2.86. The van der Waals surface area contributed by atoms with Gasteiger partial charge in [-0.3, -0.25) is 14.5 Å². The first-order chi connectivity index (χ1) is 11.1. The van der Waals surface area contributed by atoms with Crippen LogP contribution >= 0.6 is 0 Å². The number of benzene rings is 1. The number of amides is 2. The fourth-order valence-electron chi connectivity index (χ4n) is 3.05. The SMILES string of the molecule is CC(C)(C)c1ccc(S(=O)(=O)N2CC(N3C(=O)CCC3=O)C2)cc1. The van der Waals surface area contributed by atoms with Crippen LogP contribution in [0.15, 0.2) is 29.2 Å². The largest absolute Gasteiger partial charge is 0.277 e. The minimum absolute atomic E-state index is 0.0411. The average Bonchev–Trinajstić information content (AvgIpc) is 2.77. The number of nitrogens with zero attached hydrogens (tertiary/aromatic N) is 2. The van der Waals surface area contributed by atoms with Crippen molar-refractivity contribution in [3.8, 4) is 0 Å². The van der Waals surface area contributed by atoms with Crippen molar-refractivity contribution < 1.29 is 18.0 Å². The van der Waals surface area contributed by atoms with E-state index in [9.17, 15) is 18.0 Å². The second-order valence-electron chi connectivity index (χ2n) is 7.41. The number of likely N-dealkylation sites (tertiary alicyclic amines) is 1. The Hall–Kier alpha value is -1.73. The number of carbonyl (C=O) groups is 2. The summed E-state index contributed by atoms with van der Waals surface area (Å²) in [6.07, 6.45) is 0.465.